The summed E-state index contributed by atoms with van der Waals surface area (Å²) < 4.78 is 5.42. The molecule has 1 fully saturated rings. The van der Waals surface area contributed by atoms with Gasteiger partial charge in [0, 0.05) is 12.7 Å². The highest BCUT2D eigenvalue weighted by Crippen LogP contribution is 2.29. The molecule has 4 heteroatoms. The summed E-state index contributed by atoms with van der Waals surface area (Å²) in [5.41, 5.74) is 0.862. The molecule has 1 saturated heterocycles. The zero-order valence-electron chi connectivity index (χ0n) is 10.4. The first-order valence-corrected chi connectivity index (χ1v) is 6.60. The van der Waals surface area contributed by atoms with Crippen LogP contribution in [0.2, 0.25) is 0 Å². The average molecular weight is 246 g/mol. The summed E-state index contributed by atoms with van der Waals surface area (Å²) in [6, 6.07) is 4.02. The molecule has 0 spiro atoms. The Kier molecular flexibility index (Phi) is 3.19. The predicted octanol–water partition coefficient (Wildman–Crippen LogP) is 2.57. The van der Waals surface area contributed by atoms with Gasteiger partial charge in [0.05, 0.1) is 24.3 Å². The fourth-order valence-electron chi connectivity index (χ4n) is 2.75. The lowest BCUT2D eigenvalue weighted by molar-refractivity contribution is 0.255. The van der Waals surface area contributed by atoms with E-state index in [0.717, 1.165) is 36.2 Å². The molecule has 1 N–H and O–H groups in total. The van der Waals surface area contributed by atoms with Crippen molar-refractivity contribution in [1.82, 2.24) is 4.98 Å². The van der Waals surface area contributed by atoms with Gasteiger partial charge in [0.1, 0.15) is 11.4 Å². The maximum Gasteiger partial charge on any atom is 0.140 e. The van der Waals surface area contributed by atoms with E-state index in [1.807, 2.05) is 12.1 Å². The molecule has 0 aromatic carbocycles. The third kappa shape index (κ3) is 1.97. The van der Waals surface area contributed by atoms with Gasteiger partial charge in [0.2, 0.25) is 0 Å². The lowest BCUT2D eigenvalue weighted by atomic mass is 10.1. The van der Waals surface area contributed by atoms with Crippen LogP contribution in [0, 0.1) is 0 Å². The van der Waals surface area contributed by atoms with Gasteiger partial charge in [-0.2, -0.15) is 0 Å². The van der Waals surface area contributed by atoms with Crippen molar-refractivity contribution in [2.45, 2.75) is 31.7 Å². The predicted molar refractivity (Wildman–Crippen MR) is 70.7 cm³/mol. The van der Waals surface area contributed by atoms with Gasteiger partial charge in [0.25, 0.3) is 0 Å². The van der Waals surface area contributed by atoms with Crippen molar-refractivity contribution in [2.24, 2.45) is 0 Å². The van der Waals surface area contributed by atoms with E-state index >= 15 is 0 Å². The van der Waals surface area contributed by atoms with Crippen LogP contribution in [0.1, 0.15) is 25.7 Å². The standard InChI is InChI=1S/C14H18N2O2/c17-10-11-4-2-1-3-8-16(11)14-12-6-9-18-13(12)5-7-15-14/h5-7,9,11,17H,1-4,8,10H2. The Morgan fingerprint density at radius 1 is 1.33 bits per heavy atom. The van der Waals surface area contributed by atoms with E-state index in [2.05, 4.69) is 9.88 Å². The Labute approximate surface area is 106 Å². The molecule has 0 aliphatic carbocycles. The van der Waals surface area contributed by atoms with Gasteiger partial charge < -0.3 is 14.4 Å². The molecule has 0 radical (unpaired) electrons. The van der Waals surface area contributed by atoms with E-state index in [4.69, 9.17) is 4.42 Å². The number of rotatable bonds is 2. The third-order valence-corrected chi connectivity index (χ3v) is 3.72. The first kappa shape index (κ1) is 11.5. The molecule has 0 bridgehead atoms. The summed E-state index contributed by atoms with van der Waals surface area (Å²) in [4.78, 5) is 6.74. The number of aliphatic hydroxyl groups excluding tert-OH is 1. The molecule has 96 valence electrons. The van der Waals surface area contributed by atoms with Gasteiger partial charge in [-0.15, -0.1) is 0 Å². The number of aliphatic hydroxyl groups is 1. The molecule has 0 amide bonds. The van der Waals surface area contributed by atoms with Crippen LogP contribution in [0.25, 0.3) is 11.0 Å². The molecular formula is C14H18N2O2. The van der Waals surface area contributed by atoms with Gasteiger partial charge in [-0.25, -0.2) is 4.98 Å². The van der Waals surface area contributed by atoms with E-state index in [-0.39, 0.29) is 12.6 Å². The van der Waals surface area contributed by atoms with Crippen LogP contribution in [0.4, 0.5) is 5.82 Å². The van der Waals surface area contributed by atoms with E-state index in [1.54, 1.807) is 12.5 Å². The number of hydrogen-bond donors (Lipinski definition) is 1. The average Bonchev–Trinajstić information content (AvgIpc) is 2.76. The summed E-state index contributed by atoms with van der Waals surface area (Å²) in [6.45, 7) is 1.15. The zero-order valence-corrected chi connectivity index (χ0v) is 10.4. The summed E-state index contributed by atoms with van der Waals surface area (Å²) in [7, 11) is 0. The van der Waals surface area contributed by atoms with Crippen LogP contribution < -0.4 is 4.90 Å². The first-order chi connectivity index (χ1) is 8.90. The zero-order chi connectivity index (χ0) is 12.4. The van der Waals surface area contributed by atoms with Gasteiger partial charge in [0.15, 0.2) is 0 Å². The third-order valence-electron chi connectivity index (χ3n) is 3.72. The highest BCUT2D eigenvalue weighted by atomic mass is 16.3. The second-order valence-corrected chi connectivity index (χ2v) is 4.85. The van der Waals surface area contributed by atoms with Gasteiger partial charge >= 0.3 is 0 Å². The lowest BCUT2D eigenvalue weighted by Crippen LogP contribution is -2.38. The molecule has 2 aromatic rings. The van der Waals surface area contributed by atoms with E-state index < -0.39 is 0 Å². The van der Waals surface area contributed by atoms with Crippen LogP contribution >= 0.6 is 0 Å². The van der Waals surface area contributed by atoms with Gasteiger partial charge in [-0.1, -0.05) is 12.8 Å². The molecular weight excluding hydrogens is 228 g/mol. The quantitative estimate of drug-likeness (QED) is 0.884. The smallest absolute Gasteiger partial charge is 0.140 e. The summed E-state index contributed by atoms with van der Waals surface area (Å²) in [5.74, 6) is 0.946. The Morgan fingerprint density at radius 3 is 3.17 bits per heavy atom. The molecule has 1 atom stereocenters. The summed E-state index contributed by atoms with van der Waals surface area (Å²) in [5, 5.41) is 10.6. The van der Waals surface area contributed by atoms with Crippen molar-refractivity contribution < 1.29 is 9.52 Å². The minimum Gasteiger partial charge on any atom is -0.464 e. The molecule has 3 rings (SSSR count). The Bertz CT molecular complexity index is 523. The van der Waals surface area contributed by atoms with Crippen molar-refractivity contribution >= 4 is 16.8 Å². The molecule has 18 heavy (non-hydrogen) atoms. The largest absolute Gasteiger partial charge is 0.464 e. The number of furan rings is 1. The minimum atomic E-state index is 0.181. The number of fused-ring (bicyclic) bond motifs is 1. The van der Waals surface area contributed by atoms with Crippen LogP contribution in [-0.2, 0) is 0 Å². The number of pyridine rings is 1. The van der Waals surface area contributed by atoms with E-state index in [0.29, 0.717) is 0 Å². The fourth-order valence-corrected chi connectivity index (χ4v) is 2.75. The minimum absolute atomic E-state index is 0.181. The highest BCUT2D eigenvalue weighted by molar-refractivity contribution is 5.88. The van der Waals surface area contributed by atoms with Crippen LogP contribution in [-0.4, -0.2) is 29.3 Å². The van der Waals surface area contributed by atoms with Crippen molar-refractivity contribution in [1.29, 1.82) is 0 Å². The topological polar surface area (TPSA) is 49.5 Å². The van der Waals surface area contributed by atoms with Crippen LogP contribution in [0.3, 0.4) is 0 Å². The Balaban J connectivity index is 2.02. The van der Waals surface area contributed by atoms with Crippen molar-refractivity contribution in [2.75, 3.05) is 18.1 Å². The first-order valence-electron chi connectivity index (χ1n) is 6.60. The lowest BCUT2D eigenvalue weighted by Gasteiger charge is -2.30. The van der Waals surface area contributed by atoms with Crippen molar-refractivity contribution in [3.05, 3.63) is 24.6 Å². The summed E-state index contributed by atoms with van der Waals surface area (Å²) in [6.07, 6.45) is 8.08. The van der Waals surface area contributed by atoms with Gasteiger partial charge in [-0.3, -0.25) is 0 Å². The maximum absolute atomic E-state index is 9.58. The van der Waals surface area contributed by atoms with Gasteiger partial charge in [-0.05, 0) is 25.0 Å². The molecule has 1 unspecified atom stereocenters. The second-order valence-electron chi connectivity index (χ2n) is 4.85. The van der Waals surface area contributed by atoms with Crippen molar-refractivity contribution in [3.8, 4) is 0 Å². The number of nitrogens with zero attached hydrogens (tertiary/aromatic N) is 2. The normalized spacial score (nSPS) is 21.2. The molecule has 2 aromatic heterocycles. The number of anilines is 1. The van der Waals surface area contributed by atoms with E-state index in [1.165, 1.54) is 12.8 Å². The SMILES string of the molecule is OCC1CCCCCN1c1nccc2occc12. The molecule has 1 aliphatic heterocycles. The number of hydrogen-bond acceptors (Lipinski definition) is 4. The van der Waals surface area contributed by atoms with Crippen LogP contribution in [0.15, 0.2) is 29.0 Å². The second kappa shape index (κ2) is 4.98. The molecule has 4 nitrogen and oxygen atoms in total. The summed E-state index contributed by atoms with van der Waals surface area (Å²) >= 11 is 0. The Hall–Kier alpha value is -1.55. The van der Waals surface area contributed by atoms with Crippen molar-refractivity contribution in [3.63, 3.8) is 0 Å². The monoisotopic (exact) mass is 246 g/mol. The van der Waals surface area contributed by atoms with E-state index in [9.17, 15) is 5.11 Å². The molecule has 0 saturated carbocycles. The number of aromatic nitrogens is 1. The fraction of sp³-hybridized carbons (Fsp3) is 0.500. The maximum atomic E-state index is 9.58. The highest BCUT2D eigenvalue weighted by Gasteiger charge is 2.23. The van der Waals surface area contributed by atoms with Crippen LogP contribution in [0.5, 0.6) is 0 Å². The molecule has 1 aliphatic rings. The molecule has 3 heterocycles. The Morgan fingerprint density at radius 2 is 2.28 bits per heavy atom.